The Bertz CT molecular complexity index is 1700. The average molecular weight is 566 g/mol. The number of aromatic nitrogens is 2. The lowest BCUT2D eigenvalue weighted by Crippen LogP contribution is -2.52. The van der Waals surface area contributed by atoms with Gasteiger partial charge in [-0.15, -0.1) is 0 Å². The fraction of sp³-hybridized carbons (Fsp3) is 0.429. The third-order valence-corrected chi connectivity index (χ3v) is 10.4. The van der Waals surface area contributed by atoms with Crippen molar-refractivity contribution in [1.29, 1.82) is 0 Å². The molecule has 4 aliphatic heterocycles. The van der Waals surface area contributed by atoms with Crippen molar-refractivity contribution >= 4 is 38.6 Å². The zero-order valence-electron chi connectivity index (χ0n) is 21.7. The normalized spacial score (nSPS) is 23.1. The van der Waals surface area contributed by atoms with Gasteiger partial charge in [0, 0.05) is 41.2 Å². The summed E-state index contributed by atoms with van der Waals surface area (Å²) in [5, 5.41) is 3.18. The van der Waals surface area contributed by atoms with Crippen molar-refractivity contribution in [2.75, 3.05) is 24.6 Å². The lowest BCUT2D eigenvalue weighted by molar-refractivity contribution is -0.136. The van der Waals surface area contributed by atoms with Gasteiger partial charge in [-0.25, -0.2) is 17.8 Å². The van der Waals surface area contributed by atoms with Crippen molar-refractivity contribution in [2.45, 2.75) is 50.9 Å². The smallest absolute Gasteiger partial charge is 0.255 e. The highest BCUT2D eigenvalue weighted by molar-refractivity contribution is 7.92. The molecule has 10 nitrogen and oxygen atoms in total. The first-order chi connectivity index (χ1) is 19.2. The molecule has 40 heavy (non-hydrogen) atoms. The largest absolute Gasteiger partial charge is 0.327 e. The first kappa shape index (κ1) is 25.3. The van der Waals surface area contributed by atoms with Crippen LogP contribution in [0.1, 0.15) is 53.2 Å². The number of benzene rings is 1. The fourth-order valence-electron chi connectivity index (χ4n) is 6.44. The molecule has 0 aliphatic carbocycles. The van der Waals surface area contributed by atoms with Crippen LogP contribution < -0.4 is 5.32 Å². The Hall–Kier alpha value is -3.64. The molecule has 1 aromatic carbocycles. The van der Waals surface area contributed by atoms with E-state index >= 15 is 4.39 Å². The zero-order chi connectivity index (χ0) is 27.8. The number of sulfone groups is 1. The van der Waals surface area contributed by atoms with Crippen LogP contribution in [0.15, 0.2) is 30.5 Å². The zero-order valence-corrected chi connectivity index (χ0v) is 22.5. The summed E-state index contributed by atoms with van der Waals surface area (Å²) in [5.41, 5.74) is 2.67. The summed E-state index contributed by atoms with van der Waals surface area (Å²) in [6.07, 6.45) is 4.43. The second kappa shape index (κ2) is 9.20. The number of imide groups is 1. The summed E-state index contributed by atoms with van der Waals surface area (Å²) in [7, 11) is -3.06. The number of pyridine rings is 1. The molecular weight excluding hydrogens is 537 g/mol. The maximum Gasteiger partial charge on any atom is 0.255 e. The minimum absolute atomic E-state index is 0.0512. The number of carbonyl (C=O) groups is 3. The van der Waals surface area contributed by atoms with Crippen LogP contribution in [0.2, 0.25) is 0 Å². The number of fused-ring (bicyclic) bond motifs is 2. The Morgan fingerprint density at radius 3 is 2.52 bits per heavy atom. The Morgan fingerprint density at radius 1 is 1.05 bits per heavy atom. The van der Waals surface area contributed by atoms with Crippen LogP contribution in [0.4, 0.5) is 4.39 Å². The number of nitrogens with zero attached hydrogens (tertiary/aromatic N) is 4. The molecule has 0 bridgehead atoms. The molecule has 208 valence electrons. The number of likely N-dealkylation sites (tertiary alicyclic amines) is 1. The molecule has 0 saturated carbocycles. The van der Waals surface area contributed by atoms with E-state index in [0.717, 1.165) is 36.9 Å². The van der Waals surface area contributed by atoms with Gasteiger partial charge in [0.15, 0.2) is 9.84 Å². The van der Waals surface area contributed by atoms with Gasteiger partial charge in [-0.1, -0.05) is 0 Å². The Morgan fingerprint density at radius 2 is 1.80 bits per heavy atom. The average Bonchev–Trinajstić information content (AvgIpc) is 3.63. The molecule has 3 fully saturated rings. The summed E-state index contributed by atoms with van der Waals surface area (Å²) in [6.45, 7) is 2.56. The summed E-state index contributed by atoms with van der Waals surface area (Å²) in [6, 6.07) is 5.93. The van der Waals surface area contributed by atoms with E-state index in [9.17, 15) is 22.8 Å². The van der Waals surface area contributed by atoms with Crippen molar-refractivity contribution in [1.82, 2.24) is 24.7 Å². The Kier molecular flexibility index (Phi) is 5.83. The molecule has 4 aliphatic rings. The third kappa shape index (κ3) is 4.12. The van der Waals surface area contributed by atoms with E-state index in [2.05, 4.69) is 10.2 Å². The van der Waals surface area contributed by atoms with E-state index in [0.29, 0.717) is 17.9 Å². The molecule has 12 heteroatoms. The van der Waals surface area contributed by atoms with Crippen molar-refractivity contribution in [2.24, 2.45) is 0 Å². The second-order valence-corrected chi connectivity index (χ2v) is 13.3. The summed E-state index contributed by atoms with van der Waals surface area (Å²) in [5.74, 6) is -1.83. The van der Waals surface area contributed by atoms with E-state index in [1.165, 1.54) is 4.90 Å². The van der Waals surface area contributed by atoms with E-state index in [-0.39, 0.29) is 59.5 Å². The van der Waals surface area contributed by atoms with Crippen molar-refractivity contribution in [3.05, 3.63) is 53.0 Å². The first-order valence-electron chi connectivity index (χ1n) is 13.6. The molecule has 3 aromatic rings. The number of nitrogens with one attached hydrogen (secondary N) is 1. The number of hydrogen-bond acceptors (Lipinski definition) is 7. The minimum atomic E-state index is -3.06. The Balaban J connectivity index is 1.28. The van der Waals surface area contributed by atoms with Crippen LogP contribution in [0.5, 0.6) is 0 Å². The summed E-state index contributed by atoms with van der Waals surface area (Å²) >= 11 is 0. The van der Waals surface area contributed by atoms with Crippen LogP contribution >= 0.6 is 0 Å². The predicted octanol–water partition coefficient (Wildman–Crippen LogP) is 2.17. The minimum Gasteiger partial charge on any atom is -0.327 e. The molecule has 1 N–H and O–H groups in total. The molecule has 0 spiro atoms. The van der Waals surface area contributed by atoms with Crippen molar-refractivity contribution in [3.8, 4) is 11.3 Å². The number of rotatable bonds is 5. The monoisotopic (exact) mass is 565 g/mol. The number of hydrogen-bond donors (Lipinski definition) is 1. The quantitative estimate of drug-likeness (QED) is 0.471. The molecule has 2 aromatic heterocycles. The maximum absolute atomic E-state index is 16.2. The standard InChI is InChI=1S/C28H28FN5O5S/c29-25-20(4-3-19-21(25)13-34(28(19)37)23-5-6-24(35)31-27(23)36)22-11-16(12-32-8-1-2-9-32)18-7-10-33(26(18)30-22)17-14-40(38,39)15-17/h3-4,7,10-11,17,23H,1-2,5-6,8-9,12-15H2,(H,31,35,36). The van der Waals surface area contributed by atoms with Gasteiger partial charge in [0.05, 0.1) is 29.8 Å². The van der Waals surface area contributed by atoms with Crippen molar-refractivity contribution in [3.63, 3.8) is 0 Å². The summed E-state index contributed by atoms with van der Waals surface area (Å²) in [4.78, 5) is 45.7. The van der Waals surface area contributed by atoms with Crippen LogP contribution in [0, 0.1) is 5.82 Å². The number of halogens is 1. The van der Waals surface area contributed by atoms with E-state index in [1.807, 2.05) is 22.9 Å². The van der Waals surface area contributed by atoms with Gasteiger partial charge < -0.3 is 9.47 Å². The molecular formula is C28H28FN5O5S. The summed E-state index contributed by atoms with van der Waals surface area (Å²) < 4.78 is 41.9. The van der Waals surface area contributed by atoms with Gasteiger partial charge in [-0.05, 0) is 62.2 Å². The lowest BCUT2D eigenvalue weighted by Gasteiger charge is -2.29. The second-order valence-electron chi connectivity index (χ2n) is 11.2. The fourth-order valence-corrected chi connectivity index (χ4v) is 7.84. The van der Waals surface area contributed by atoms with E-state index in [4.69, 9.17) is 4.98 Å². The molecule has 7 rings (SSSR count). The molecule has 0 radical (unpaired) electrons. The van der Waals surface area contributed by atoms with Gasteiger partial charge in [0.2, 0.25) is 11.8 Å². The predicted molar refractivity (Wildman–Crippen MR) is 143 cm³/mol. The van der Waals surface area contributed by atoms with Gasteiger partial charge in [0.25, 0.3) is 5.91 Å². The van der Waals surface area contributed by atoms with E-state index in [1.54, 1.807) is 12.1 Å². The van der Waals surface area contributed by atoms with Crippen molar-refractivity contribution < 1.29 is 27.2 Å². The molecule has 1 atom stereocenters. The highest BCUT2D eigenvalue weighted by atomic mass is 32.2. The maximum atomic E-state index is 16.2. The lowest BCUT2D eigenvalue weighted by atomic mass is 10.0. The highest BCUT2D eigenvalue weighted by Crippen LogP contribution is 2.37. The van der Waals surface area contributed by atoms with Crippen LogP contribution in [0.25, 0.3) is 22.3 Å². The van der Waals surface area contributed by atoms with Gasteiger partial charge in [-0.3, -0.25) is 24.6 Å². The highest BCUT2D eigenvalue weighted by Gasteiger charge is 2.41. The van der Waals surface area contributed by atoms with Gasteiger partial charge in [-0.2, -0.15) is 0 Å². The van der Waals surface area contributed by atoms with Crippen LogP contribution in [-0.2, 0) is 32.5 Å². The topological polar surface area (TPSA) is 122 Å². The van der Waals surface area contributed by atoms with E-state index < -0.39 is 33.5 Å². The third-order valence-electron chi connectivity index (χ3n) is 8.57. The molecule has 3 saturated heterocycles. The number of piperidine rings is 1. The number of carbonyl (C=O) groups excluding carboxylic acids is 3. The van der Waals surface area contributed by atoms with Gasteiger partial charge in [0.1, 0.15) is 17.5 Å². The van der Waals surface area contributed by atoms with Gasteiger partial charge >= 0.3 is 0 Å². The number of amides is 3. The Labute approximate surface area is 230 Å². The first-order valence-corrected chi connectivity index (χ1v) is 15.4. The molecule has 6 heterocycles. The molecule has 1 unspecified atom stereocenters. The SMILES string of the molecule is O=C1CCC(N2Cc3c(ccc(-c4cc(CN5CCCC5)c5ccn(C6CS(=O)(=O)C6)c5n4)c3F)C2=O)C(=O)N1. The van der Waals surface area contributed by atoms with Crippen LogP contribution in [0.3, 0.4) is 0 Å². The van der Waals surface area contributed by atoms with Crippen LogP contribution in [-0.4, -0.2) is 76.1 Å². The molecule has 3 amide bonds.